The SMILES string of the molecule is CNC(C)(C#N)CC(C)SC(C)C(C)O. The summed E-state index contributed by atoms with van der Waals surface area (Å²) in [6, 6.07) is 2.27. The fourth-order valence-electron chi connectivity index (χ4n) is 1.31. The minimum Gasteiger partial charge on any atom is -0.392 e. The highest BCUT2D eigenvalue weighted by atomic mass is 32.2. The van der Waals surface area contributed by atoms with Crippen molar-refractivity contribution >= 4 is 11.8 Å². The average Bonchev–Trinajstić information content (AvgIpc) is 2.17. The monoisotopic (exact) mass is 230 g/mol. The summed E-state index contributed by atoms with van der Waals surface area (Å²) in [7, 11) is 1.80. The Morgan fingerprint density at radius 3 is 2.33 bits per heavy atom. The van der Waals surface area contributed by atoms with Gasteiger partial charge in [0.1, 0.15) is 5.54 Å². The first-order valence-corrected chi connectivity index (χ1v) is 6.22. The number of thioether (sulfide) groups is 1. The molecule has 0 aliphatic carbocycles. The van der Waals surface area contributed by atoms with Gasteiger partial charge in [0, 0.05) is 10.5 Å². The largest absolute Gasteiger partial charge is 0.392 e. The van der Waals surface area contributed by atoms with Crippen molar-refractivity contribution < 1.29 is 5.11 Å². The summed E-state index contributed by atoms with van der Waals surface area (Å²) in [6.45, 7) is 7.80. The van der Waals surface area contributed by atoms with Gasteiger partial charge in [-0.2, -0.15) is 17.0 Å². The average molecular weight is 230 g/mol. The Balaban J connectivity index is 4.14. The molecule has 0 aliphatic rings. The molecule has 3 nitrogen and oxygen atoms in total. The third-order valence-corrected chi connectivity index (χ3v) is 4.08. The standard InChI is InChI=1S/C11H22N2OS/c1-8(15-10(3)9(2)14)6-11(4,7-12)13-5/h8-10,13-14H,6H2,1-5H3. The smallest absolute Gasteiger partial charge is 0.104 e. The van der Waals surface area contributed by atoms with E-state index in [1.165, 1.54) is 0 Å². The van der Waals surface area contributed by atoms with Gasteiger partial charge in [0.25, 0.3) is 0 Å². The fraction of sp³-hybridized carbons (Fsp3) is 0.909. The third-order valence-electron chi connectivity index (χ3n) is 2.62. The van der Waals surface area contributed by atoms with Crippen molar-refractivity contribution in [3.63, 3.8) is 0 Å². The lowest BCUT2D eigenvalue weighted by Gasteiger charge is -2.26. The van der Waals surface area contributed by atoms with E-state index in [1.54, 1.807) is 25.7 Å². The lowest BCUT2D eigenvalue weighted by Crippen LogP contribution is -2.40. The van der Waals surface area contributed by atoms with E-state index >= 15 is 0 Å². The van der Waals surface area contributed by atoms with Crippen LogP contribution in [0.25, 0.3) is 0 Å². The minimum atomic E-state index is -0.467. The van der Waals surface area contributed by atoms with E-state index in [0.29, 0.717) is 5.25 Å². The lowest BCUT2D eigenvalue weighted by atomic mass is 9.98. The zero-order valence-corrected chi connectivity index (χ0v) is 11.1. The van der Waals surface area contributed by atoms with Crippen LogP contribution in [0.15, 0.2) is 0 Å². The van der Waals surface area contributed by atoms with Crippen LogP contribution in [-0.4, -0.2) is 34.3 Å². The van der Waals surface area contributed by atoms with Crippen LogP contribution in [0, 0.1) is 11.3 Å². The molecule has 4 unspecified atom stereocenters. The van der Waals surface area contributed by atoms with E-state index < -0.39 is 5.54 Å². The molecule has 15 heavy (non-hydrogen) atoms. The van der Waals surface area contributed by atoms with Crippen molar-refractivity contribution in [1.29, 1.82) is 5.26 Å². The van der Waals surface area contributed by atoms with E-state index in [1.807, 2.05) is 13.8 Å². The number of nitriles is 1. The Kier molecular flexibility index (Phi) is 6.26. The van der Waals surface area contributed by atoms with Gasteiger partial charge in [-0.15, -0.1) is 0 Å². The first kappa shape index (κ1) is 14.8. The summed E-state index contributed by atoms with van der Waals surface area (Å²) >= 11 is 1.72. The highest BCUT2D eigenvalue weighted by molar-refractivity contribution is 8.00. The maximum atomic E-state index is 9.38. The Morgan fingerprint density at radius 1 is 1.47 bits per heavy atom. The molecule has 0 saturated heterocycles. The number of nitrogens with one attached hydrogen (secondary N) is 1. The van der Waals surface area contributed by atoms with Gasteiger partial charge < -0.3 is 10.4 Å². The minimum absolute atomic E-state index is 0.208. The van der Waals surface area contributed by atoms with E-state index in [0.717, 1.165) is 6.42 Å². The number of hydrogen-bond acceptors (Lipinski definition) is 4. The number of aliphatic hydroxyl groups is 1. The second-order valence-electron chi connectivity index (χ2n) is 4.29. The van der Waals surface area contributed by atoms with Crippen LogP contribution in [0.2, 0.25) is 0 Å². The predicted molar refractivity (Wildman–Crippen MR) is 65.9 cm³/mol. The zero-order valence-electron chi connectivity index (χ0n) is 10.2. The van der Waals surface area contributed by atoms with Gasteiger partial charge in [0.05, 0.1) is 12.2 Å². The van der Waals surface area contributed by atoms with Crippen molar-refractivity contribution in [2.45, 2.75) is 56.3 Å². The molecule has 4 heteroatoms. The summed E-state index contributed by atoms with van der Waals surface area (Å²) < 4.78 is 0. The Bertz CT molecular complexity index is 227. The molecule has 0 fully saturated rings. The summed E-state index contributed by atoms with van der Waals surface area (Å²) in [4.78, 5) is 0. The number of hydrogen-bond donors (Lipinski definition) is 2. The molecule has 0 amide bonds. The van der Waals surface area contributed by atoms with E-state index in [2.05, 4.69) is 18.3 Å². The number of aliphatic hydroxyl groups excluding tert-OH is 1. The lowest BCUT2D eigenvalue weighted by molar-refractivity contribution is 0.196. The van der Waals surface area contributed by atoms with E-state index in [4.69, 9.17) is 5.26 Å². The molecule has 0 spiro atoms. The third kappa shape index (κ3) is 5.41. The van der Waals surface area contributed by atoms with Crippen molar-refractivity contribution in [3.05, 3.63) is 0 Å². The molecule has 4 atom stereocenters. The maximum Gasteiger partial charge on any atom is 0.104 e. The van der Waals surface area contributed by atoms with Crippen LogP contribution in [-0.2, 0) is 0 Å². The number of nitrogens with zero attached hydrogens (tertiary/aromatic N) is 1. The van der Waals surface area contributed by atoms with E-state index in [9.17, 15) is 5.11 Å². The molecule has 0 aliphatic heterocycles. The molecule has 0 aromatic rings. The molecule has 0 saturated carbocycles. The topological polar surface area (TPSA) is 56.0 Å². The Morgan fingerprint density at radius 2 is 2.00 bits per heavy atom. The maximum absolute atomic E-state index is 9.38. The van der Waals surface area contributed by atoms with Crippen LogP contribution in [0.5, 0.6) is 0 Å². The quantitative estimate of drug-likeness (QED) is 0.730. The summed E-state index contributed by atoms with van der Waals surface area (Å²) in [5.74, 6) is 0. The Labute approximate surface area is 97.2 Å². The molecular weight excluding hydrogens is 208 g/mol. The van der Waals surface area contributed by atoms with Gasteiger partial charge >= 0.3 is 0 Å². The van der Waals surface area contributed by atoms with Crippen LogP contribution < -0.4 is 5.32 Å². The molecule has 0 aromatic carbocycles. The molecular formula is C11H22N2OS. The summed E-state index contributed by atoms with van der Waals surface area (Å²) in [5.41, 5.74) is -0.467. The van der Waals surface area contributed by atoms with Crippen LogP contribution in [0.1, 0.15) is 34.1 Å². The predicted octanol–water partition coefficient (Wildman–Crippen LogP) is 1.77. The van der Waals surface area contributed by atoms with Crippen LogP contribution in [0.4, 0.5) is 0 Å². The molecule has 0 rings (SSSR count). The van der Waals surface area contributed by atoms with Gasteiger partial charge in [-0.25, -0.2) is 0 Å². The van der Waals surface area contributed by atoms with Crippen molar-refractivity contribution in [3.8, 4) is 6.07 Å². The Hall–Kier alpha value is -0.240. The summed E-state index contributed by atoms with van der Waals surface area (Å²) in [5, 5.41) is 22.0. The van der Waals surface area contributed by atoms with Crippen molar-refractivity contribution in [2.75, 3.05) is 7.05 Å². The van der Waals surface area contributed by atoms with Gasteiger partial charge in [-0.05, 0) is 27.3 Å². The van der Waals surface area contributed by atoms with Crippen LogP contribution in [0.3, 0.4) is 0 Å². The second kappa shape index (κ2) is 6.37. The first-order valence-electron chi connectivity index (χ1n) is 5.28. The van der Waals surface area contributed by atoms with Gasteiger partial charge in [-0.1, -0.05) is 13.8 Å². The first-order chi connectivity index (χ1) is 6.84. The van der Waals surface area contributed by atoms with Crippen molar-refractivity contribution in [2.24, 2.45) is 0 Å². The second-order valence-corrected chi connectivity index (χ2v) is 6.11. The molecule has 0 aromatic heterocycles. The molecule has 88 valence electrons. The fourth-order valence-corrected chi connectivity index (χ4v) is 2.70. The molecule has 0 radical (unpaired) electrons. The van der Waals surface area contributed by atoms with Crippen molar-refractivity contribution in [1.82, 2.24) is 5.32 Å². The number of rotatable bonds is 6. The normalized spacial score (nSPS) is 21.1. The van der Waals surface area contributed by atoms with Gasteiger partial charge in [0.15, 0.2) is 0 Å². The molecule has 0 heterocycles. The molecule has 0 bridgehead atoms. The van der Waals surface area contributed by atoms with E-state index in [-0.39, 0.29) is 11.4 Å². The zero-order chi connectivity index (χ0) is 12.1. The van der Waals surface area contributed by atoms with Gasteiger partial charge in [-0.3, -0.25) is 0 Å². The highest BCUT2D eigenvalue weighted by Gasteiger charge is 2.25. The van der Waals surface area contributed by atoms with Gasteiger partial charge in [0.2, 0.25) is 0 Å². The highest BCUT2D eigenvalue weighted by Crippen LogP contribution is 2.26. The van der Waals surface area contributed by atoms with Crippen LogP contribution >= 0.6 is 11.8 Å². The summed E-state index contributed by atoms with van der Waals surface area (Å²) in [6.07, 6.45) is 0.474. The molecule has 2 N–H and O–H groups in total.